The second kappa shape index (κ2) is 32.5. The van der Waals surface area contributed by atoms with Crippen LogP contribution in [-0.2, 0) is 49.4 Å². The zero-order valence-corrected chi connectivity index (χ0v) is 46.5. The molecule has 1 aromatic heterocycles. The third kappa shape index (κ3) is 21.6. The first-order chi connectivity index (χ1) is 34.7. The normalized spacial score (nSPS) is 16.7. The molecule has 73 heavy (non-hydrogen) atoms. The molecule has 0 bridgehead atoms. The molecule has 18 nitrogen and oxygen atoms in total. The number of benzene rings is 1. The minimum atomic E-state index is -1.03. The number of esters is 2. The number of alkyl carbamates (subject to hydrolysis) is 1. The van der Waals surface area contributed by atoms with E-state index in [1.807, 2.05) is 48.6 Å². The molecule has 1 saturated heterocycles. The molecule has 1 aliphatic rings. The number of phenolic OH excluding ortho intramolecular Hbond substituents is 1. The Hall–Kier alpha value is -4.73. The molecule has 2 heterocycles. The number of Topliss-reactive ketones (excluding diaryl/α,β-unsaturated/α-hetero) is 2. The minimum Gasteiger partial charge on any atom is -0.508 e. The van der Waals surface area contributed by atoms with E-state index in [1.165, 1.54) is 50.9 Å². The van der Waals surface area contributed by atoms with E-state index in [-0.39, 0.29) is 104 Å². The van der Waals surface area contributed by atoms with Gasteiger partial charge in [0, 0.05) is 67.0 Å². The van der Waals surface area contributed by atoms with Crippen LogP contribution in [0, 0.1) is 29.6 Å². The smallest absolute Gasteiger partial charge is 0.407 e. The number of ether oxygens (including phenoxy) is 3. The number of ketones is 2. The van der Waals surface area contributed by atoms with Crippen molar-refractivity contribution in [3.63, 3.8) is 0 Å². The number of aromatic hydroxyl groups is 1. The van der Waals surface area contributed by atoms with E-state index < -0.39 is 65.8 Å². The third-order valence-electron chi connectivity index (χ3n) is 13.2. The summed E-state index contributed by atoms with van der Waals surface area (Å²) in [5.74, 6) is -4.50. The number of nitrogens with zero attached hydrogens (tertiary/aromatic N) is 3. The first kappa shape index (κ1) is 62.6. The Bertz CT molecular complexity index is 2110. The number of likely N-dealkylation sites (tertiary alicyclic amines) is 1. The lowest BCUT2D eigenvalue weighted by Crippen LogP contribution is -2.50. The molecule has 1 fully saturated rings. The maximum absolute atomic E-state index is 15.0. The summed E-state index contributed by atoms with van der Waals surface area (Å²) < 4.78 is 16.8. The Balaban J connectivity index is 1.82. The van der Waals surface area contributed by atoms with Crippen LogP contribution in [0.4, 0.5) is 4.79 Å². The van der Waals surface area contributed by atoms with Crippen LogP contribution in [0.5, 0.6) is 5.75 Å². The first-order valence-corrected chi connectivity index (χ1v) is 28.9. The van der Waals surface area contributed by atoms with Gasteiger partial charge in [0.05, 0.1) is 18.5 Å². The zero-order valence-electron chi connectivity index (χ0n) is 44.1. The Morgan fingerprint density at radius 1 is 0.959 bits per heavy atom. The number of amides is 3. The lowest BCUT2D eigenvalue weighted by atomic mass is 9.82. The van der Waals surface area contributed by atoms with Gasteiger partial charge >= 0.3 is 24.0 Å². The number of carboxylic acid groups (broad SMARTS) is 1. The maximum Gasteiger partial charge on any atom is 0.407 e. The number of rotatable bonds is 33. The number of hydrogen-bond donors (Lipinski definition) is 4. The van der Waals surface area contributed by atoms with Gasteiger partial charge in [-0.1, -0.05) is 95.0 Å². The van der Waals surface area contributed by atoms with Crippen molar-refractivity contribution in [1.82, 2.24) is 25.4 Å². The summed E-state index contributed by atoms with van der Waals surface area (Å²) in [6.45, 7) is 14.5. The van der Waals surface area contributed by atoms with Crippen LogP contribution in [0.15, 0.2) is 29.6 Å². The highest BCUT2D eigenvalue weighted by atomic mass is 33.1. The molecule has 8 atom stereocenters. The van der Waals surface area contributed by atoms with E-state index >= 15 is 0 Å². The molecule has 0 saturated carbocycles. The summed E-state index contributed by atoms with van der Waals surface area (Å²) in [6, 6.07) is 4.86. The summed E-state index contributed by atoms with van der Waals surface area (Å²) in [6.07, 6.45) is 3.17. The van der Waals surface area contributed by atoms with Gasteiger partial charge in [-0.05, 0) is 81.6 Å². The fourth-order valence-electron chi connectivity index (χ4n) is 8.56. The summed E-state index contributed by atoms with van der Waals surface area (Å²) in [7, 11) is 4.71. The average Bonchev–Trinajstić information content (AvgIpc) is 3.85. The van der Waals surface area contributed by atoms with E-state index in [0.29, 0.717) is 30.8 Å². The molecule has 0 radical (unpaired) electrons. The van der Waals surface area contributed by atoms with E-state index in [0.717, 1.165) is 42.7 Å². The van der Waals surface area contributed by atoms with Crippen LogP contribution in [0.25, 0.3) is 0 Å². The van der Waals surface area contributed by atoms with Gasteiger partial charge < -0.3 is 40.0 Å². The van der Waals surface area contributed by atoms with Crippen LogP contribution in [0.3, 0.4) is 0 Å². The molecule has 21 heteroatoms. The van der Waals surface area contributed by atoms with Gasteiger partial charge in [0.15, 0.2) is 24.4 Å². The number of carboxylic acids is 1. The summed E-state index contributed by atoms with van der Waals surface area (Å²) in [4.78, 5) is 114. The number of likely N-dealkylation sites (N-methyl/N-ethyl adjacent to an activating group) is 1. The lowest BCUT2D eigenvalue weighted by molar-refractivity contribution is -0.161. The van der Waals surface area contributed by atoms with Crippen LogP contribution < -0.4 is 10.6 Å². The van der Waals surface area contributed by atoms with Crippen molar-refractivity contribution in [3.05, 3.63) is 45.9 Å². The second-order valence-corrected chi connectivity index (χ2v) is 22.8. The van der Waals surface area contributed by atoms with Crippen molar-refractivity contribution in [2.75, 3.05) is 45.0 Å². The highest BCUT2D eigenvalue weighted by molar-refractivity contribution is 8.76. The predicted molar refractivity (Wildman–Crippen MR) is 283 cm³/mol. The zero-order chi connectivity index (χ0) is 54.2. The van der Waals surface area contributed by atoms with Crippen LogP contribution in [0.2, 0.25) is 0 Å². The molecule has 1 aliphatic heterocycles. The Morgan fingerprint density at radius 2 is 1.67 bits per heavy atom. The number of nitrogens with one attached hydrogen (secondary N) is 2. The van der Waals surface area contributed by atoms with Crippen molar-refractivity contribution in [1.29, 1.82) is 0 Å². The number of carbonyl (C=O) groups is 8. The van der Waals surface area contributed by atoms with E-state index in [2.05, 4.69) is 20.5 Å². The monoisotopic (exact) mass is 1080 g/mol. The van der Waals surface area contributed by atoms with Crippen molar-refractivity contribution < 1.29 is 62.8 Å². The van der Waals surface area contributed by atoms with E-state index in [9.17, 15) is 48.6 Å². The van der Waals surface area contributed by atoms with Crippen LogP contribution in [-0.4, -0.2) is 135 Å². The molecule has 4 N–H and O–H groups in total. The summed E-state index contributed by atoms with van der Waals surface area (Å²) in [5, 5.41) is 26.4. The van der Waals surface area contributed by atoms with Gasteiger partial charge in [0.1, 0.15) is 23.1 Å². The van der Waals surface area contributed by atoms with Crippen LogP contribution in [0.1, 0.15) is 147 Å². The van der Waals surface area contributed by atoms with Crippen molar-refractivity contribution in [2.45, 2.75) is 150 Å². The SMILES string of the molecule is CCCC(=O)OCN(C(=O)[C@@H](CC(=O)[C@H]1CCCCN1C)[C@H](C)CC)[C@H](C[C@@H](OC(C)=O)c1nc(C(=O)N[C@@H](Cc2ccc(O)cc2)C[C@H](C)C(=O)CNC(=O)OCCSSC[C@H](CC)C(=O)O)cs1)C(C)C. The van der Waals surface area contributed by atoms with Gasteiger partial charge in [-0.25, -0.2) is 9.78 Å². The van der Waals surface area contributed by atoms with Gasteiger partial charge in [-0.2, -0.15) is 0 Å². The Kier molecular flexibility index (Phi) is 27.9. The Labute approximate surface area is 443 Å². The lowest BCUT2D eigenvalue weighted by Gasteiger charge is -2.39. The number of aliphatic carboxylic acids is 1. The Morgan fingerprint density at radius 3 is 2.29 bits per heavy atom. The highest BCUT2D eigenvalue weighted by Crippen LogP contribution is 2.34. The largest absolute Gasteiger partial charge is 0.508 e. The molecule has 3 rings (SSSR count). The summed E-state index contributed by atoms with van der Waals surface area (Å²) >= 11 is 1.09. The van der Waals surface area contributed by atoms with Crippen LogP contribution >= 0.6 is 32.9 Å². The molecular formula is C52H79N5O13S3. The highest BCUT2D eigenvalue weighted by Gasteiger charge is 2.40. The quantitative estimate of drug-likeness (QED) is 0.0173. The number of aromatic nitrogens is 1. The topological polar surface area (TPSA) is 248 Å². The molecule has 2 aromatic rings. The maximum atomic E-state index is 15.0. The number of carbonyl (C=O) groups excluding carboxylic acids is 7. The second-order valence-electron chi connectivity index (χ2n) is 19.3. The number of piperidine rings is 1. The fourth-order valence-corrected chi connectivity index (χ4v) is 11.6. The molecular weight excluding hydrogens is 999 g/mol. The fraction of sp³-hybridized carbons (Fsp3) is 0.673. The molecule has 0 spiro atoms. The van der Waals surface area contributed by atoms with Gasteiger partial charge in [0.2, 0.25) is 5.91 Å². The molecule has 408 valence electrons. The van der Waals surface area contributed by atoms with Crippen molar-refractivity contribution in [3.8, 4) is 5.75 Å². The van der Waals surface area contributed by atoms with Gasteiger partial charge in [-0.15, -0.1) is 11.3 Å². The standard InChI is InChI=1S/C52H79N5O13S3/c1-10-15-47(62)69-31-57(50(64)40(33(6)11-2)26-44(60)42-16-13-14-21-56(42)9)43(32(4)5)27-46(70-35(8)58)49-55-41(30-71-49)48(63)54-38(25-36-17-19-39(59)20-18-36)24-34(7)45(61)28-53-52(67)68-22-23-72-73-29-37(12-3)51(65)66/h17-20,30,32-34,37-38,40,42-43,46,59H,10-16,21-29,31H2,1-9H3,(H,53,67)(H,54,63)(H,65,66)/t33-,34+,37+,38-,40+,42-,43-,46-/m1/s1. The number of phenols is 1. The van der Waals surface area contributed by atoms with E-state index in [4.69, 9.17) is 14.2 Å². The van der Waals surface area contributed by atoms with E-state index in [1.54, 1.807) is 19.1 Å². The predicted octanol–water partition coefficient (Wildman–Crippen LogP) is 8.26. The minimum absolute atomic E-state index is 0.00260. The molecule has 3 amide bonds. The number of hydrogen-bond acceptors (Lipinski definition) is 17. The van der Waals surface area contributed by atoms with Gasteiger partial charge in [-0.3, -0.25) is 38.5 Å². The van der Waals surface area contributed by atoms with Gasteiger partial charge in [0.25, 0.3) is 5.91 Å². The third-order valence-corrected chi connectivity index (χ3v) is 16.6. The molecule has 0 unspecified atom stereocenters. The van der Waals surface area contributed by atoms with Crippen molar-refractivity contribution >= 4 is 80.3 Å². The summed E-state index contributed by atoms with van der Waals surface area (Å²) in [5.41, 5.74) is 0.786. The average molecular weight is 1080 g/mol. The van der Waals surface area contributed by atoms with Crippen molar-refractivity contribution in [2.24, 2.45) is 29.6 Å². The first-order valence-electron chi connectivity index (χ1n) is 25.5. The number of thiazole rings is 1. The molecule has 0 aliphatic carbocycles. The molecule has 1 aromatic carbocycles.